The second kappa shape index (κ2) is 9.73. The number of benzene rings is 3. The van der Waals surface area contributed by atoms with Gasteiger partial charge in [-0.15, -0.1) is 0 Å². The van der Waals surface area contributed by atoms with Crippen LogP contribution in [-0.2, 0) is 17.8 Å². The van der Waals surface area contributed by atoms with E-state index in [1.165, 1.54) is 6.07 Å². The monoisotopic (exact) mass is 447 g/mol. The van der Waals surface area contributed by atoms with Gasteiger partial charge in [0.1, 0.15) is 11.6 Å². The molecule has 4 rings (SSSR count). The number of para-hydroxylation sites is 2. The van der Waals surface area contributed by atoms with Crippen LogP contribution in [0.4, 0.5) is 4.39 Å². The van der Waals surface area contributed by atoms with Gasteiger partial charge in [0.2, 0.25) is 5.91 Å². The van der Waals surface area contributed by atoms with Crippen LogP contribution < -0.4 is 14.8 Å². The number of rotatable bonds is 8. The first-order valence-electron chi connectivity index (χ1n) is 10.7. The Morgan fingerprint density at radius 2 is 1.76 bits per heavy atom. The summed E-state index contributed by atoms with van der Waals surface area (Å²) in [7, 11) is 3.13. The first-order valence-corrected chi connectivity index (χ1v) is 10.7. The number of nitrogens with one attached hydrogen (secondary N) is 1. The molecule has 7 heteroatoms. The van der Waals surface area contributed by atoms with Gasteiger partial charge in [-0.3, -0.25) is 4.79 Å². The number of aromatic nitrogens is 2. The number of methoxy groups -OCH3 is 2. The molecule has 0 aliphatic carbocycles. The van der Waals surface area contributed by atoms with Crippen molar-refractivity contribution in [2.45, 2.75) is 25.9 Å². The molecule has 0 fully saturated rings. The van der Waals surface area contributed by atoms with Gasteiger partial charge < -0.3 is 19.4 Å². The van der Waals surface area contributed by atoms with Crippen molar-refractivity contribution in [3.8, 4) is 11.5 Å². The van der Waals surface area contributed by atoms with Crippen LogP contribution in [0.3, 0.4) is 0 Å². The quantitative estimate of drug-likeness (QED) is 0.427. The van der Waals surface area contributed by atoms with E-state index in [1.54, 1.807) is 38.5 Å². The van der Waals surface area contributed by atoms with Crippen LogP contribution in [0.1, 0.15) is 29.9 Å². The molecule has 4 aromatic rings. The topological polar surface area (TPSA) is 65.4 Å². The summed E-state index contributed by atoms with van der Waals surface area (Å²) in [6.45, 7) is 2.20. The minimum absolute atomic E-state index is 0.154. The zero-order chi connectivity index (χ0) is 23.4. The zero-order valence-electron chi connectivity index (χ0n) is 18.8. The number of ether oxygens (including phenoxy) is 2. The molecule has 0 aliphatic rings. The molecule has 6 nitrogen and oxygen atoms in total. The molecule has 0 aliphatic heterocycles. The average Bonchev–Trinajstić information content (AvgIpc) is 3.19. The van der Waals surface area contributed by atoms with Crippen LogP contribution in [0, 0.1) is 5.82 Å². The van der Waals surface area contributed by atoms with Crippen molar-refractivity contribution in [2.24, 2.45) is 0 Å². The molecule has 1 amide bonds. The lowest BCUT2D eigenvalue weighted by Gasteiger charge is -2.17. The number of imidazole rings is 1. The molecule has 1 unspecified atom stereocenters. The van der Waals surface area contributed by atoms with E-state index in [4.69, 9.17) is 14.5 Å². The minimum atomic E-state index is -0.378. The van der Waals surface area contributed by atoms with E-state index in [0.29, 0.717) is 29.4 Å². The molecule has 1 atom stereocenters. The van der Waals surface area contributed by atoms with E-state index >= 15 is 0 Å². The minimum Gasteiger partial charge on any atom is -0.493 e. The van der Waals surface area contributed by atoms with E-state index in [0.717, 1.165) is 16.6 Å². The number of nitrogens with zero attached hydrogens (tertiary/aromatic N) is 2. The van der Waals surface area contributed by atoms with Gasteiger partial charge in [0.15, 0.2) is 11.5 Å². The van der Waals surface area contributed by atoms with Gasteiger partial charge in [-0.2, -0.15) is 0 Å². The highest BCUT2D eigenvalue weighted by Gasteiger charge is 2.20. The predicted octanol–water partition coefficient (Wildman–Crippen LogP) is 4.66. The Morgan fingerprint density at radius 3 is 2.52 bits per heavy atom. The maximum absolute atomic E-state index is 14.4. The third-order valence-corrected chi connectivity index (χ3v) is 5.55. The highest BCUT2D eigenvalue weighted by Crippen LogP contribution is 2.28. The average molecular weight is 448 g/mol. The normalized spacial score (nSPS) is 11.9. The van der Waals surface area contributed by atoms with Crippen molar-refractivity contribution in [1.82, 2.24) is 14.9 Å². The van der Waals surface area contributed by atoms with Crippen LogP contribution in [0.15, 0.2) is 66.7 Å². The Morgan fingerprint density at radius 1 is 1.03 bits per heavy atom. The third-order valence-electron chi connectivity index (χ3n) is 5.55. The molecule has 1 N–H and O–H groups in total. The fourth-order valence-corrected chi connectivity index (χ4v) is 3.92. The van der Waals surface area contributed by atoms with Gasteiger partial charge in [0, 0.05) is 5.56 Å². The van der Waals surface area contributed by atoms with Gasteiger partial charge in [-0.1, -0.05) is 36.4 Å². The summed E-state index contributed by atoms with van der Waals surface area (Å²) in [5.74, 6) is 1.42. The summed E-state index contributed by atoms with van der Waals surface area (Å²) in [5.41, 5.74) is 3.05. The molecule has 0 saturated heterocycles. The van der Waals surface area contributed by atoms with Crippen molar-refractivity contribution in [2.75, 3.05) is 14.2 Å². The van der Waals surface area contributed by atoms with Crippen LogP contribution >= 0.6 is 0 Å². The van der Waals surface area contributed by atoms with Crippen LogP contribution in [0.25, 0.3) is 11.0 Å². The number of carbonyl (C=O) groups is 1. The van der Waals surface area contributed by atoms with Gasteiger partial charge in [-0.25, -0.2) is 9.37 Å². The summed E-state index contributed by atoms with van der Waals surface area (Å²) >= 11 is 0. The summed E-state index contributed by atoms with van der Waals surface area (Å²) < 4.78 is 26.9. The number of fused-ring (bicyclic) bond motifs is 1. The maximum atomic E-state index is 14.4. The summed E-state index contributed by atoms with van der Waals surface area (Å²) in [4.78, 5) is 17.5. The lowest BCUT2D eigenvalue weighted by atomic mass is 10.1. The van der Waals surface area contributed by atoms with E-state index in [9.17, 15) is 9.18 Å². The third kappa shape index (κ3) is 4.82. The highest BCUT2D eigenvalue weighted by atomic mass is 19.1. The first-order chi connectivity index (χ1) is 16.0. The van der Waals surface area contributed by atoms with Crippen LogP contribution in [-0.4, -0.2) is 29.7 Å². The predicted molar refractivity (Wildman–Crippen MR) is 125 cm³/mol. The van der Waals surface area contributed by atoms with Crippen molar-refractivity contribution in [3.63, 3.8) is 0 Å². The number of carbonyl (C=O) groups excluding carboxylic acids is 1. The molecule has 0 radical (unpaired) electrons. The molecule has 0 bridgehead atoms. The smallest absolute Gasteiger partial charge is 0.224 e. The number of amides is 1. The molecule has 0 spiro atoms. The molecular formula is C26H26FN3O3. The van der Waals surface area contributed by atoms with E-state index in [1.807, 2.05) is 47.9 Å². The molecule has 1 heterocycles. The van der Waals surface area contributed by atoms with Gasteiger partial charge >= 0.3 is 0 Å². The first kappa shape index (κ1) is 22.3. The molecule has 33 heavy (non-hydrogen) atoms. The maximum Gasteiger partial charge on any atom is 0.224 e. The summed E-state index contributed by atoms with van der Waals surface area (Å²) in [6.07, 6.45) is 0.179. The van der Waals surface area contributed by atoms with E-state index < -0.39 is 0 Å². The summed E-state index contributed by atoms with van der Waals surface area (Å²) in [5, 5.41) is 3.02. The number of halogens is 1. The Labute approximate surface area is 192 Å². The SMILES string of the molecule is COc1ccc(CC(=O)NC(C)c2nc3ccccc3n2Cc2ccccc2F)cc1OC. The highest BCUT2D eigenvalue weighted by molar-refractivity contribution is 5.80. The molecular weight excluding hydrogens is 421 g/mol. The number of hydrogen-bond donors (Lipinski definition) is 1. The molecule has 1 aromatic heterocycles. The second-order valence-electron chi connectivity index (χ2n) is 7.79. The van der Waals surface area contributed by atoms with E-state index in [-0.39, 0.29) is 24.2 Å². The Kier molecular flexibility index (Phi) is 6.58. The van der Waals surface area contributed by atoms with Crippen LogP contribution in [0.2, 0.25) is 0 Å². The van der Waals surface area contributed by atoms with Crippen molar-refractivity contribution in [3.05, 3.63) is 89.5 Å². The molecule has 3 aromatic carbocycles. The standard InChI is InChI=1S/C26H26FN3O3/c1-17(28-25(31)15-18-12-13-23(32-2)24(14-18)33-3)26-29-21-10-6-7-11-22(21)30(26)16-19-8-4-5-9-20(19)27/h4-14,17H,15-16H2,1-3H3,(H,28,31). The van der Waals surface area contributed by atoms with Crippen LogP contribution in [0.5, 0.6) is 11.5 Å². The van der Waals surface area contributed by atoms with Crippen molar-refractivity contribution >= 4 is 16.9 Å². The zero-order valence-corrected chi connectivity index (χ0v) is 18.8. The van der Waals surface area contributed by atoms with Gasteiger partial charge in [-0.05, 0) is 42.8 Å². The largest absolute Gasteiger partial charge is 0.493 e. The number of hydrogen-bond acceptors (Lipinski definition) is 4. The molecule has 170 valence electrons. The fraction of sp³-hybridized carbons (Fsp3) is 0.231. The summed E-state index contributed by atoms with van der Waals surface area (Å²) in [6, 6.07) is 19.4. The van der Waals surface area contributed by atoms with Crippen molar-refractivity contribution < 1.29 is 18.7 Å². The van der Waals surface area contributed by atoms with Gasteiger partial charge in [0.05, 0.1) is 44.3 Å². The van der Waals surface area contributed by atoms with Gasteiger partial charge in [0.25, 0.3) is 0 Å². The van der Waals surface area contributed by atoms with Crippen molar-refractivity contribution in [1.29, 1.82) is 0 Å². The Hall–Kier alpha value is -3.87. The Balaban J connectivity index is 1.57. The lowest BCUT2D eigenvalue weighted by Crippen LogP contribution is -2.30. The van der Waals surface area contributed by atoms with E-state index in [2.05, 4.69) is 5.32 Å². The molecule has 0 saturated carbocycles. The fourth-order valence-electron chi connectivity index (χ4n) is 3.92. The Bertz CT molecular complexity index is 1290. The second-order valence-corrected chi connectivity index (χ2v) is 7.79. The lowest BCUT2D eigenvalue weighted by molar-refractivity contribution is -0.121.